The van der Waals surface area contributed by atoms with E-state index in [9.17, 15) is 19.1 Å². The van der Waals surface area contributed by atoms with Gasteiger partial charge in [0.05, 0.1) is 24.4 Å². The Kier molecular flexibility index (Phi) is 5.49. The van der Waals surface area contributed by atoms with Gasteiger partial charge in [0.1, 0.15) is 29.1 Å². The molecular weight excluding hydrogens is 429 g/mol. The zero-order chi connectivity index (χ0) is 23.1. The second-order valence-electron chi connectivity index (χ2n) is 8.57. The van der Waals surface area contributed by atoms with Gasteiger partial charge in [0, 0.05) is 19.3 Å². The van der Waals surface area contributed by atoms with Crippen LogP contribution in [0.15, 0.2) is 35.4 Å². The molecule has 3 aromatic heterocycles. The van der Waals surface area contributed by atoms with Crippen molar-refractivity contribution in [3.05, 3.63) is 46.5 Å². The second-order valence-corrected chi connectivity index (χ2v) is 8.57. The van der Waals surface area contributed by atoms with Gasteiger partial charge in [-0.25, -0.2) is 9.37 Å². The van der Waals surface area contributed by atoms with E-state index in [0.29, 0.717) is 36.6 Å². The quantitative estimate of drug-likeness (QED) is 0.448. The number of hydrogen-bond donors (Lipinski definition) is 4. The number of anilines is 3. The first-order chi connectivity index (χ1) is 16.0. The summed E-state index contributed by atoms with van der Waals surface area (Å²) in [5, 5.41) is 23.2. The van der Waals surface area contributed by atoms with Gasteiger partial charge in [-0.15, -0.1) is 0 Å². The number of amides is 1. The summed E-state index contributed by atoms with van der Waals surface area (Å²) >= 11 is 0. The highest BCUT2D eigenvalue weighted by Gasteiger charge is 2.33. The minimum Gasteiger partial charge on any atom is -0.391 e. The van der Waals surface area contributed by atoms with Crippen molar-refractivity contribution in [1.82, 2.24) is 24.5 Å². The lowest BCUT2D eigenvalue weighted by atomic mass is 9.90. The number of carbonyl (C=O) groups is 1. The van der Waals surface area contributed by atoms with Crippen molar-refractivity contribution < 1.29 is 14.3 Å². The number of aromatic nitrogens is 4. The summed E-state index contributed by atoms with van der Waals surface area (Å²) in [7, 11) is 1.71. The van der Waals surface area contributed by atoms with E-state index >= 15 is 0 Å². The van der Waals surface area contributed by atoms with E-state index in [0.717, 1.165) is 12.8 Å². The predicted octanol–water partition coefficient (Wildman–Crippen LogP) is 1.99. The minimum absolute atomic E-state index is 0.216. The Morgan fingerprint density at radius 2 is 2.12 bits per heavy atom. The highest BCUT2D eigenvalue weighted by Crippen LogP contribution is 2.29. The summed E-state index contributed by atoms with van der Waals surface area (Å²) in [5.41, 5.74) is 0.533. The second kappa shape index (κ2) is 8.47. The third-order valence-corrected chi connectivity index (χ3v) is 6.52. The van der Waals surface area contributed by atoms with Crippen molar-refractivity contribution in [2.75, 3.05) is 17.7 Å². The van der Waals surface area contributed by atoms with Gasteiger partial charge in [0.2, 0.25) is 0 Å². The zero-order valence-electron chi connectivity index (χ0n) is 18.2. The first-order valence-corrected chi connectivity index (χ1v) is 11.1. The van der Waals surface area contributed by atoms with Crippen molar-refractivity contribution in [3.63, 3.8) is 0 Å². The number of rotatable bonds is 6. The largest absolute Gasteiger partial charge is 0.391 e. The molecule has 5 rings (SSSR count). The van der Waals surface area contributed by atoms with E-state index in [-0.39, 0.29) is 22.8 Å². The molecule has 2 saturated carbocycles. The van der Waals surface area contributed by atoms with Crippen molar-refractivity contribution in [1.29, 1.82) is 0 Å². The number of nitrogens with one attached hydrogen (secondary N) is 3. The van der Waals surface area contributed by atoms with Crippen LogP contribution in [-0.2, 0) is 0 Å². The van der Waals surface area contributed by atoms with Crippen LogP contribution >= 0.6 is 0 Å². The lowest BCUT2D eigenvalue weighted by Crippen LogP contribution is -2.48. The lowest BCUT2D eigenvalue weighted by molar-refractivity contribution is 0.0826. The van der Waals surface area contributed by atoms with Crippen LogP contribution < -0.4 is 21.5 Å². The first kappa shape index (κ1) is 21.4. The Morgan fingerprint density at radius 3 is 2.79 bits per heavy atom. The van der Waals surface area contributed by atoms with Crippen LogP contribution in [0.5, 0.6) is 0 Å². The summed E-state index contributed by atoms with van der Waals surface area (Å²) in [6.45, 7) is 0. The molecule has 0 saturated heterocycles. The third-order valence-electron chi connectivity index (χ3n) is 6.52. The normalized spacial score (nSPS) is 24.5. The van der Waals surface area contributed by atoms with E-state index < -0.39 is 24.2 Å². The molecule has 4 atom stereocenters. The van der Waals surface area contributed by atoms with Crippen LogP contribution in [0.25, 0.3) is 5.65 Å². The molecule has 11 heteroatoms. The van der Waals surface area contributed by atoms with E-state index in [2.05, 4.69) is 26.0 Å². The molecular formula is C22H26FN7O3. The van der Waals surface area contributed by atoms with Crippen LogP contribution in [0.4, 0.5) is 21.7 Å². The molecule has 1 amide bonds. The molecule has 2 aliphatic carbocycles. The van der Waals surface area contributed by atoms with Gasteiger partial charge in [-0.05, 0) is 44.2 Å². The highest BCUT2D eigenvalue weighted by molar-refractivity contribution is 6.00. The standard InChI is InChI=1S/C22H26FN7O3/c1-24-19-10-18(26-15-4-3-9-29(22(15)33)16-5-2-6-17(16)31)28-20-12(11-25-30(19)20)21(32)27-14-8-7-13(14)23/h3-4,9-11,13-14,16-17,24,31H,2,5-8H2,1H3,(H,26,28)(H,27,32)/t13-,14?,16-,17+/m0/s1. The van der Waals surface area contributed by atoms with Gasteiger partial charge in [-0.3, -0.25) is 9.59 Å². The van der Waals surface area contributed by atoms with Gasteiger partial charge in [-0.1, -0.05) is 0 Å². The van der Waals surface area contributed by atoms with Gasteiger partial charge in [0.25, 0.3) is 11.5 Å². The van der Waals surface area contributed by atoms with Crippen molar-refractivity contribution in [2.45, 2.75) is 56.5 Å². The molecule has 0 aliphatic heterocycles. The molecule has 0 bridgehead atoms. The van der Waals surface area contributed by atoms with Gasteiger partial charge in [0.15, 0.2) is 5.65 Å². The number of alkyl halides is 1. The Hall–Kier alpha value is -3.47. The molecule has 3 aromatic rings. The van der Waals surface area contributed by atoms with Crippen LogP contribution in [-0.4, -0.2) is 55.5 Å². The number of carbonyl (C=O) groups excluding carboxylic acids is 1. The average Bonchev–Trinajstić information content (AvgIpc) is 3.43. The summed E-state index contributed by atoms with van der Waals surface area (Å²) in [4.78, 5) is 30.3. The summed E-state index contributed by atoms with van der Waals surface area (Å²) < 4.78 is 16.6. The molecule has 33 heavy (non-hydrogen) atoms. The van der Waals surface area contributed by atoms with E-state index in [1.54, 1.807) is 36.0 Å². The third kappa shape index (κ3) is 3.82. The molecule has 0 radical (unpaired) electrons. The molecule has 4 N–H and O–H groups in total. The predicted molar refractivity (Wildman–Crippen MR) is 121 cm³/mol. The zero-order valence-corrected chi connectivity index (χ0v) is 18.2. The first-order valence-electron chi connectivity index (χ1n) is 11.1. The number of fused-ring (bicyclic) bond motifs is 1. The minimum atomic E-state index is -1.03. The summed E-state index contributed by atoms with van der Waals surface area (Å²) in [6, 6.07) is 4.32. The lowest BCUT2D eigenvalue weighted by Gasteiger charge is -2.30. The maximum Gasteiger partial charge on any atom is 0.274 e. The highest BCUT2D eigenvalue weighted by atomic mass is 19.1. The molecule has 0 aromatic carbocycles. The SMILES string of the molecule is CNc1cc(Nc2cccn([C@H]3CCC[C@H]3O)c2=O)nc2c(C(=O)NC3CC[C@@H]3F)cnn12. The van der Waals surface area contributed by atoms with Gasteiger partial charge < -0.3 is 25.6 Å². The molecule has 10 nitrogen and oxygen atoms in total. The molecule has 2 fully saturated rings. The molecule has 174 valence electrons. The molecule has 3 heterocycles. The number of aliphatic hydroxyl groups excluding tert-OH is 1. The Morgan fingerprint density at radius 1 is 1.27 bits per heavy atom. The topological polar surface area (TPSA) is 126 Å². The van der Waals surface area contributed by atoms with Crippen LogP contribution in [0.2, 0.25) is 0 Å². The Bertz CT molecular complexity index is 1260. The number of hydrogen-bond acceptors (Lipinski definition) is 7. The van der Waals surface area contributed by atoms with Crippen molar-refractivity contribution in [2.24, 2.45) is 0 Å². The number of nitrogens with zero attached hydrogens (tertiary/aromatic N) is 4. The van der Waals surface area contributed by atoms with Crippen molar-refractivity contribution >= 4 is 28.9 Å². The number of halogens is 1. The van der Waals surface area contributed by atoms with E-state index in [4.69, 9.17) is 0 Å². The van der Waals surface area contributed by atoms with Gasteiger partial charge in [-0.2, -0.15) is 9.61 Å². The maximum atomic E-state index is 13.6. The Labute approximate surface area is 188 Å². The monoisotopic (exact) mass is 455 g/mol. The van der Waals surface area contributed by atoms with Crippen molar-refractivity contribution in [3.8, 4) is 0 Å². The molecule has 0 spiro atoms. The summed E-state index contributed by atoms with van der Waals surface area (Å²) in [5.74, 6) is 0.451. The Balaban J connectivity index is 1.48. The number of pyridine rings is 1. The van der Waals surface area contributed by atoms with E-state index in [1.165, 1.54) is 10.7 Å². The maximum absolute atomic E-state index is 13.6. The molecule has 2 aliphatic rings. The van der Waals surface area contributed by atoms with Crippen LogP contribution in [0, 0.1) is 0 Å². The number of aliphatic hydroxyl groups is 1. The fourth-order valence-electron chi connectivity index (χ4n) is 4.48. The van der Waals surface area contributed by atoms with Crippen LogP contribution in [0.3, 0.4) is 0 Å². The average molecular weight is 455 g/mol. The fraction of sp³-hybridized carbons (Fsp3) is 0.455. The smallest absolute Gasteiger partial charge is 0.274 e. The van der Waals surface area contributed by atoms with E-state index in [1.807, 2.05) is 0 Å². The van der Waals surface area contributed by atoms with Gasteiger partial charge >= 0.3 is 0 Å². The molecule has 1 unspecified atom stereocenters. The summed E-state index contributed by atoms with van der Waals surface area (Å²) in [6.07, 6.45) is 4.83. The van der Waals surface area contributed by atoms with Crippen LogP contribution in [0.1, 0.15) is 48.5 Å². The fourth-order valence-corrected chi connectivity index (χ4v) is 4.48.